The molecular weight excluding hydrogens is 304 g/mol. The molecule has 5 nitrogen and oxygen atoms in total. The molecule has 0 fully saturated rings. The van der Waals surface area contributed by atoms with Crippen molar-refractivity contribution in [1.29, 1.82) is 0 Å². The van der Waals surface area contributed by atoms with Crippen molar-refractivity contribution in [3.63, 3.8) is 0 Å². The smallest absolute Gasteiger partial charge is 0.226 e. The Labute approximate surface area is 132 Å². The summed E-state index contributed by atoms with van der Waals surface area (Å²) in [7, 11) is 0. The number of aryl methyl sites for hydroxylation is 2. The zero-order chi connectivity index (χ0) is 15.1. The fourth-order valence-corrected chi connectivity index (χ4v) is 3.54. The van der Waals surface area contributed by atoms with Crippen molar-refractivity contribution in [1.82, 2.24) is 20.5 Å². The number of pyridine rings is 1. The molecule has 21 heavy (non-hydrogen) atoms. The highest BCUT2D eigenvalue weighted by atomic mass is 32.2. The van der Waals surface area contributed by atoms with Crippen LogP contribution in [0.3, 0.4) is 0 Å². The third kappa shape index (κ3) is 5.43. The summed E-state index contributed by atoms with van der Waals surface area (Å²) in [5.74, 6) is 0.950. The van der Waals surface area contributed by atoms with Crippen LogP contribution in [0.5, 0.6) is 0 Å². The summed E-state index contributed by atoms with van der Waals surface area (Å²) in [6.45, 7) is 4.59. The topological polar surface area (TPSA) is 67.8 Å². The molecule has 2 aromatic rings. The summed E-state index contributed by atoms with van der Waals surface area (Å²) in [4.78, 5) is 16.0. The van der Waals surface area contributed by atoms with Crippen LogP contribution in [0.4, 0.5) is 0 Å². The Morgan fingerprint density at radius 1 is 1.38 bits per heavy atom. The van der Waals surface area contributed by atoms with Crippen LogP contribution < -0.4 is 5.32 Å². The average Bonchev–Trinajstić information content (AvgIpc) is 2.87. The Balaban J connectivity index is 1.62. The minimum Gasteiger partial charge on any atom is -0.356 e. The molecule has 0 aromatic carbocycles. The zero-order valence-corrected chi connectivity index (χ0v) is 13.8. The molecule has 0 unspecified atom stereocenters. The molecule has 0 aliphatic rings. The zero-order valence-electron chi connectivity index (χ0n) is 12.1. The Bertz CT molecular complexity index is 600. The molecule has 2 aromatic heterocycles. The molecule has 0 saturated carbocycles. The summed E-state index contributed by atoms with van der Waals surface area (Å²) < 4.78 is 0.989. The van der Waals surface area contributed by atoms with Crippen molar-refractivity contribution in [2.45, 2.75) is 31.0 Å². The highest BCUT2D eigenvalue weighted by molar-refractivity contribution is 8.01. The Kier molecular flexibility index (Phi) is 6.13. The molecule has 0 radical (unpaired) electrons. The number of nitrogens with zero attached hydrogens (tertiary/aromatic N) is 3. The maximum absolute atomic E-state index is 11.8. The van der Waals surface area contributed by atoms with E-state index in [0.29, 0.717) is 13.0 Å². The maximum atomic E-state index is 11.8. The highest BCUT2D eigenvalue weighted by Gasteiger charge is 2.06. The number of aromatic nitrogens is 3. The first-order chi connectivity index (χ1) is 10.1. The lowest BCUT2D eigenvalue weighted by molar-refractivity contribution is -0.120. The van der Waals surface area contributed by atoms with E-state index in [4.69, 9.17) is 0 Å². The molecule has 112 valence electrons. The first-order valence-corrected chi connectivity index (χ1v) is 8.55. The van der Waals surface area contributed by atoms with Gasteiger partial charge in [-0.3, -0.25) is 9.78 Å². The predicted octanol–water partition coefficient (Wildman–Crippen LogP) is 2.39. The van der Waals surface area contributed by atoms with Crippen molar-refractivity contribution in [3.05, 3.63) is 34.6 Å². The van der Waals surface area contributed by atoms with Gasteiger partial charge in [0.2, 0.25) is 5.91 Å². The van der Waals surface area contributed by atoms with Crippen LogP contribution in [0.15, 0.2) is 22.7 Å². The minimum absolute atomic E-state index is 0.0218. The number of hydrogen-bond acceptors (Lipinski definition) is 6. The molecule has 1 N–H and O–H groups in total. The lowest BCUT2D eigenvalue weighted by Gasteiger charge is -2.06. The number of carbonyl (C=O) groups excluding carboxylic acids is 1. The van der Waals surface area contributed by atoms with Crippen LogP contribution in [-0.4, -0.2) is 33.4 Å². The van der Waals surface area contributed by atoms with E-state index < -0.39 is 0 Å². The van der Waals surface area contributed by atoms with Crippen molar-refractivity contribution < 1.29 is 4.79 Å². The number of nitrogens with one attached hydrogen (secondary N) is 1. The van der Waals surface area contributed by atoms with Gasteiger partial charge in [0.25, 0.3) is 0 Å². The molecule has 0 bridgehead atoms. The van der Waals surface area contributed by atoms with Crippen LogP contribution in [0, 0.1) is 13.8 Å². The molecule has 0 aliphatic carbocycles. The van der Waals surface area contributed by atoms with Crippen LogP contribution in [-0.2, 0) is 11.2 Å². The van der Waals surface area contributed by atoms with Crippen molar-refractivity contribution in [2.24, 2.45) is 0 Å². The van der Waals surface area contributed by atoms with Gasteiger partial charge in [0.1, 0.15) is 5.01 Å². The van der Waals surface area contributed by atoms with E-state index >= 15 is 0 Å². The average molecular weight is 322 g/mol. The van der Waals surface area contributed by atoms with Crippen LogP contribution in [0.2, 0.25) is 0 Å². The van der Waals surface area contributed by atoms with Gasteiger partial charge in [-0.2, -0.15) is 0 Å². The number of rotatable bonds is 7. The third-order valence-corrected chi connectivity index (χ3v) is 4.88. The summed E-state index contributed by atoms with van der Waals surface area (Å²) in [5, 5.41) is 11.9. The molecule has 2 rings (SSSR count). The van der Waals surface area contributed by atoms with Gasteiger partial charge in [0, 0.05) is 18.5 Å². The number of thioether (sulfide) groups is 1. The summed E-state index contributed by atoms with van der Waals surface area (Å²) in [5.41, 5.74) is 1.89. The van der Waals surface area contributed by atoms with Gasteiger partial charge in [0.15, 0.2) is 4.34 Å². The second-order valence-corrected chi connectivity index (χ2v) is 7.11. The van der Waals surface area contributed by atoms with E-state index in [2.05, 4.69) is 20.5 Å². The molecule has 0 saturated heterocycles. The van der Waals surface area contributed by atoms with E-state index in [1.165, 1.54) is 0 Å². The molecular formula is C14H18N4OS2. The first-order valence-electron chi connectivity index (χ1n) is 6.75. The number of carbonyl (C=O) groups is 1. The van der Waals surface area contributed by atoms with Crippen molar-refractivity contribution in [2.75, 3.05) is 12.3 Å². The quantitative estimate of drug-likeness (QED) is 0.626. The molecule has 2 heterocycles. The van der Waals surface area contributed by atoms with Gasteiger partial charge in [-0.1, -0.05) is 29.2 Å². The summed E-state index contributed by atoms with van der Waals surface area (Å²) in [6.07, 6.45) is 2.97. The van der Waals surface area contributed by atoms with Gasteiger partial charge in [-0.25, -0.2) is 0 Å². The minimum atomic E-state index is 0.0218. The van der Waals surface area contributed by atoms with Gasteiger partial charge < -0.3 is 5.32 Å². The van der Waals surface area contributed by atoms with E-state index in [1.807, 2.05) is 26.0 Å². The molecule has 1 amide bonds. The van der Waals surface area contributed by atoms with Gasteiger partial charge >= 0.3 is 0 Å². The summed E-state index contributed by atoms with van der Waals surface area (Å²) >= 11 is 3.28. The lowest BCUT2D eigenvalue weighted by Crippen LogP contribution is -2.27. The SMILES string of the molecule is Cc1nnc(SCCCNC(=O)Cc2ncccc2C)s1. The number of hydrogen-bond donors (Lipinski definition) is 1. The lowest BCUT2D eigenvalue weighted by atomic mass is 10.1. The van der Waals surface area contributed by atoms with Crippen molar-refractivity contribution in [3.8, 4) is 0 Å². The predicted molar refractivity (Wildman–Crippen MR) is 85.7 cm³/mol. The second kappa shape index (κ2) is 8.09. The highest BCUT2D eigenvalue weighted by Crippen LogP contribution is 2.21. The standard InChI is InChI=1S/C14H18N4OS2/c1-10-5-3-6-15-12(10)9-13(19)16-7-4-8-20-14-18-17-11(2)21-14/h3,5-6H,4,7-9H2,1-2H3,(H,16,19). The van der Waals surface area contributed by atoms with E-state index in [-0.39, 0.29) is 5.91 Å². The Morgan fingerprint density at radius 3 is 2.95 bits per heavy atom. The first kappa shape index (κ1) is 15.9. The molecule has 0 spiro atoms. The van der Waals surface area contributed by atoms with E-state index in [0.717, 1.165) is 32.8 Å². The van der Waals surface area contributed by atoms with Crippen LogP contribution in [0.1, 0.15) is 22.7 Å². The maximum Gasteiger partial charge on any atom is 0.226 e. The number of amides is 1. The van der Waals surface area contributed by atoms with Crippen molar-refractivity contribution >= 4 is 29.0 Å². The van der Waals surface area contributed by atoms with Gasteiger partial charge in [0.05, 0.1) is 12.1 Å². The second-order valence-electron chi connectivity index (χ2n) is 4.58. The van der Waals surface area contributed by atoms with Gasteiger partial charge in [-0.05, 0) is 31.9 Å². The van der Waals surface area contributed by atoms with Crippen LogP contribution in [0.25, 0.3) is 0 Å². The van der Waals surface area contributed by atoms with E-state index in [9.17, 15) is 4.79 Å². The van der Waals surface area contributed by atoms with Gasteiger partial charge in [-0.15, -0.1) is 10.2 Å². The van der Waals surface area contributed by atoms with Crippen LogP contribution >= 0.6 is 23.1 Å². The molecule has 0 atom stereocenters. The molecule has 7 heteroatoms. The third-order valence-electron chi connectivity index (χ3n) is 2.82. The van der Waals surface area contributed by atoms with E-state index in [1.54, 1.807) is 29.3 Å². The fourth-order valence-electron chi connectivity index (χ4n) is 1.71. The monoisotopic (exact) mass is 322 g/mol. The Morgan fingerprint density at radius 2 is 2.24 bits per heavy atom. The summed E-state index contributed by atoms with van der Waals surface area (Å²) in [6, 6.07) is 3.85. The Hall–Kier alpha value is -1.47. The molecule has 0 aliphatic heterocycles. The normalized spacial score (nSPS) is 10.6. The largest absolute Gasteiger partial charge is 0.356 e. The fraction of sp³-hybridized carbons (Fsp3) is 0.429.